The van der Waals surface area contributed by atoms with Crippen molar-refractivity contribution in [2.75, 3.05) is 13.7 Å². The topological polar surface area (TPSA) is 34.1 Å². The molecule has 1 atom stereocenters. The van der Waals surface area contributed by atoms with Crippen LogP contribution in [0.3, 0.4) is 0 Å². The van der Waals surface area contributed by atoms with Crippen LogP contribution in [0.5, 0.6) is 5.75 Å². The van der Waals surface area contributed by atoms with Gasteiger partial charge >= 0.3 is 0 Å². The Morgan fingerprint density at radius 3 is 2.70 bits per heavy atom. The third-order valence-electron chi connectivity index (χ3n) is 3.32. The highest BCUT2D eigenvalue weighted by molar-refractivity contribution is 5.33. The van der Waals surface area contributed by atoms with E-state index in [2.05, 4.69) is 35.4 Å². The molecule has 1 aromatic carbocycles. The standard InChI is InChI=1S/C17H22N2O/c1-14(13-16-8-5-6-11-19-16)18-12-10-15-7-3-4-9-17(15)20-2/h3-9,11,14,18H,10,12-13H2,1-2H3. The lowest BCUT2D eigenvalue weighted by atomic mass is 10.1. The highest BCUT2D eigenvalue weighted by atomic mass is 16.5. The molecule has 0 aliphatic heterocycles. The number of rotatable bonds is 7. The summed E-state index contributed by atoms with van der Waals surface area (Å²) in [5.41, 5.74) is 2.37. The van der Waals surface area contributed by atoms with Crippen LogP contribution in [0.4, 0.5) is 0 Å². The van der Waals surface area contributed by atoms with Gasteiger partial charge in [-0.05, 0) is 43.7 Å². The number of aromatic nitrogens is 1. The summed E-state index contributed by atoms with van der Waals surface area (Å²) in [5.74, 6) is 0.965. The largest absolute Gasteiger partial charge is 0.496 e. The van der Waals surface area contributed by atoms with Crippen molar-refractivity contribution >= 4 is 0 Å². The van der Waals surface area contributed by atoms with Gasteiger partial charge in [0, 0.05) is 24.4 Å². The SMILES string of the molecule is COc1ccccc1CCNC(C)Cc1ccccn1. The van der Waals surface area contributed by atoms with Crippen molar-refractivity contribution in [2.45, 2.75) is 25.8 Å². The molecular weight excluding hydrogens is 248 g/mol. The second-order valence-electron chi connectivity index (χ2n) is 4.94. The van der Waals surface area contributed by atoms with Gasteiger partial charge in [0.1, 0.15) is 5.75 Å². The number of para-hydroxylation sites is 1. The molecule has 3 nitrogen and oxygen atoms in total. The summed E-state index contributed by atoms with van der Waals surface area (Å²) in [6, 6.07) is 14.6. The number of methoxy groups -OCH3 is 1. The van der Waals surface area contributed by atoms with Crippen molar-refractivity contribution in [1.29, 1.82) is 0 Å². The Kier molecular flexibility index (Phi) is 5.56. The Bertz CT molecular complexity index is 513. The molecule has 2 rings (SSSR count). The lowest BCUT2D eigenvalue weighted by Crippen LogP contribution is -2.30. The number of ether oxygens (including phenoxy) is 1. The first-order valence-corrected chi connectivity index (χ1v) is 7.05. The molecule has 106 valence electrons. The summed E-state index contributed by atoms with van der Waals surface area (Å²) in [4.78, 5) is 4.35. The molecule has 1 N–H and O–H groups in total. The van der Waals surface area contributed by atoms with Crippen LogP contribution in [-0.4, -0.2) is 24.7 Å². The summed E-state index contributed by atoms with van der Waals surface area (Å²) in [6.07, 6.45) is 3.76. The lowest BCUT2D eigenvalue weighted by molar-refractivity contribution is 0.408. The van der Waals surface area contributed by atoms with Crippen molar-refractivity contribution < 1.29 is 4.74 Å². The smallest absolute Gasteiger partial charge is 0.122 e. The molecule has 0 bridgehead atoms. The molecule has 0 spiro atoms. The molecule has 0 radical (unpaired) electrons. The molecule has 1 heterocycles. The first-order chi connectivity index (χ1) is 9.79. The maximum Gasteiger partial charge on any atom is 0.122 e. The quantitative estimate of drug-likeness (QED) is 0.840. The van der Waals surface area contributed by atoms with Gasteiger partial charge in [0.2, 0.25) is 0 Å². The van der Waals surface area contributed by atoms with Crippen molar-refractivity contribution in [3.63, 3.8) is 0 Å². The molecule has 20 heavy (non-hydrogen) atoms. The maximum absolute atomic E-state index is 5.36. The molecule has 0 saturated heterocycles. The van der Waals surface area contributed by atoms with Crippen LogP contribution in [0.1, 0.15) is 18.2 Å². The third-order valence-corrected chi connectivity index (χ3v) is 3.32. The van der Waals surface area contributed by atoms with Gasteiger partial charge in [-0.25, -0.2) is 0 Å². The van der Waals surface area contributed by atoms with Gasteiger partial charge in [-0.15, -0.1) is 0 Å². The zero-order valence-electron chi connectivity index (χ0n) is 12.2. The lowest BCUT2D eigenvalue weighted by Gasteiger charge is -2.14. The Balaban J connectivity index is 1.78. The van der Waals surface area contributed by atoms with Gasteiger partial charge in [0.25, 0.3) is 0 Å². The maximum atomic E-state index is 5.36. The van der Waals surface area contributed by atoms with E-state index in [1.807, 2.05) is 30.5 Å². The summed E-state index contributed by atoms with van der Waals surface area (Å²) in [7, 11) is 1.72. The summed E-state index contributed by atoms with van der Waals surface area (Å²) in [5, 5.41) is 3.54. The number of hydrogen-bond donors (Lipinski definition) is 1. The van der Waals surface area contributed by atoms with Gasteiger partial charge in [0.05, 0.1) is 7.11 Å². The van der Waals surface area contributed by atoms with Crippen molar-refractivity contribution in [1.82, 2.24) is 10.3 Å². The predicted octanol–water partition coefficient (Wildman–Crippen LogP) is 2.85. The van der Waals surface area contributed by atoms with Crippen molar-refractivity contribution in [3.05, 3.63) is 59.9 Å². The summed E-state index contributed by atoms with van der Waals surface area (Å²) < 4.78 is 5.36. The normalized spacial score (nSPS) is 12.1. The van der Waals surface area contributed by atoms with Crippen LogP contribution in [0.25, 0.3) is 0 Å². The van der Waals surface area contributed by atoms with E-state index in [1.165, 1.54) is 5.56 Å². The molecule has 0 aliphatic rings. The van der Waals surface area contributed by atoms with Gasteiger partial charge in [-0.2, -0.15) is 0 Å². The molecule has 1 unspecified atom stereocenters. The van der Waals surface area contributed by atoms with E-state index in [0.717, 1.165) is 30.8 Å². The average Bonchev–Trinajstić information content (AvgIpc) is 2.49. The monoisotopic (exact) mass is 270 g/mol. The zero-order chi connectivity index (χ0) is 14.2. The Labute approximate surface area is 121 Å². The third kappa shape index (κ3) is 4.35. The van der Waals surface area contributed by atoms with E-state index in [4.69, 9.17) is 4.74 Å². The van der Waals surface area contributed by atoms with E-state index in [0.29, 0.717) is 6.04 Å². The molecule has 1 aromatic heterocycles. The second kappa shape index (κ2) is 7.65. The predicted molar refractivity (Wildman–Crippen MR) is 82.1 cm³/mol. The highest BCUT2D eigenvalue weighted by Crippen LogP contribution is 2.17. The van der Waals surface area contributed by atoms with Crippen molar-refractivity contribution in [3.8, 4) is 5.75 Å². The van der Waals surface area contributed by atoms with E-state index in [9.17, 15) is 0 Å². The summed E-state index contributed by atoms with van der Waals surface area (Å²) in [6.45, 7) is 3.13. The van der Waals surface area contributed by atoms with Crippen LogP contribution < -0.4 is 10.1 Å². The van der Waals surface area contributed by atoms with E-state index in [1.54, 1.807) is 7.11 Å². The fourth-order valence-electron chi connectivity index (χ4n) is 2.27. The van der Waals surface area contributed by atoms with Crippen LogP contribution >= 0.6 is 0 Å². The Hall–Kier alpha value is -1.87. The highest BCUT2D eigenvalue weighted by Gasteiger charge is 2.05. The Morgan fingerprint density at radius 1 is 1.15 bits per heavy atom. The minimum atomic E-state index is 0.416. The number of hydrogen-bond acceptors (Lipinski definition) is 3. The number of pyridine rings is 1. The first kappa shape index (κ1) is 14.5. The van der Waals surface area contributed by atoms with Crippen LogP contribution in [-0.2, 0) is 12.8 Å². The molecule has 2 aromatic rings. The fraction of sp³-hybridized carbons (Fsp3) is 0.353. The first-order valence-electron chi connectivity index (χ1n) is 7.05. The van der Waals surface area contributed by atoms with Crippen LogP contribution in [0, 0.1) is 0 Å². The second-order valence-corrected chi connectivity index (χ2v) is 4.94. The number of nitrogens with zero attached hydrogens (tertiary/aromatic N) is 1. The van der Waals surface area contributed by atoms with Crippen LogP contribution in [0.2, 0.25) is 0 Å². The van der Waals surface area contributed by atoms with Gasteiger partial charge in [-0.3, -0.25) is 4.98 Å². The van der Waals surface area contributed by atoms with Crippen molar-refractivity contribution in [2.24, 2.45) is 0 Å². The molecule has 0 fully saturated rings. The fourth-order valence-corrected chi connectivity index (χ4v) is 2.27. The zero-order valence-corrected chi connectivity index (χ0v) is 12.2. The van der Waals surface area contributed by atoms with E-state index >= 15 is 0 Å². The minimum absolute atomic E-state index is 0.416. The number of benzene rings is 1. The molecule has 0 aliphatic carbocycles. The molecule has 0 amide bonds. The number of nitrogens with one attached hydrogen (secondary N) is 1. The molecule has 0 saturated carbocycles. The minimum Gasteiger partial charge on any atom is -0.496 e. The van der Waals surface area contributed by atoms with E-state index < -0.39 is 0 Å². The van der Waals surface area contributed by atoms with Gasteiger partial charge < -0.3 is 10.1 Å². The Morgan fingerprint density at radius 2 is 1.95 bits per heavy atom. The van der Waals surface area contributed by atoms with E-state index in [-0.39, 0.29) is 0 Å². The van der Waals surface area contributed by atoms with Crippen LogP contribution in [0.15, 0.2) is 48.7 Å². The van der Waals surface area contributed by atoms with Gasteiger partial charge in [0.15, 0.2) is 0 Å². The summed E-state index contributed by atoms with van der Waals surface area (Å²) >= 11 is 0. The molecule has 3 heteroatoms. The van der Waals surface area contributed by atoms with Gasteiger partial charge in [-0.1, -0.05) is 24.3 Å². The average molecular weight is 270 g/mol. The molecular formula is C17H22N2O.